The van der Waals surface area contributed by atoms with Crippen molar-refractivity contribution in [3.63, 3.8) is 0 Å². The molecule has 5 nitrogen and oxygen atoms in total. The first-order chi connectivity index (χ1) is 12.1. The topological polar surface area (TPSA) is 54.5 Å². The number of halogens is 3. The minimum absolute atomic E-state index is 0. The molecule has 1 N–H and O–H groups in total. The predicted molar refractivity (Wildman–Crippen MR) is 95.6 cm³/mol. The molecule has 0 spiro atoms. The molecular weight excluding hydrogens is 364 g/mol. The lowest BCUT2D eigenvalue weighted by atomic mass is 10.0. The van der Waals surface area contributed by atoms with Crippen molar-refractivity contribution in [3.05, 3.63) is 59.9 Å². The van der Waals surface area contributed by atoms with Crippen molar-refractivity contribution in [3.8, 4) is 5.75 Å². The average molecular weight is 384 g/mol. The number of carbonyl (C=O) groups excluding carboxylic acids is 1. The molecule has 0 radical (unpaired) electrons. The van der Waals surface area contributed by atoms with Crippen LogP contribution in [-0.4, -0.2) is 42.0 Å². The van der Waals surface area contributed by atoms with Gasteiger partial charge >= 0.3 is 6.61 Å². The second-order valence-corrected chi connectivity index (χ2v) is 5.76. The van der Waals surface area contributed by atoms with Gasteiger partial charge in [-0.15, -0.1) is 12.4 Å². The molecular formula is C18H20ClF2N3O2. The van der Waals surface area contributed by atoms with E-state index >= 15 is 0 Å². The Balaban J connectivity index is 0.00000243. The number of aromatic nitrogens is 1. The van der Waals surface area contributed by atoms with E-state index in [4.69, 9.17) is 0 Å². The molecule has 8 heteroatoms. The predicted octanol–water partition coefficient (Wildman–Crippen LogP) is 2.82. The zero-order valence-electron chi connectivity index (χ0n) is 14.0. The van der Waals surface area contributed by atoms with Crippen molar-refractivity contribution in [2.45, 2.75) is 19.1 Å². The fraction of sp³-hybridized carbons (Fsp3) is 0.333. The van der Waals surface area contributed by atoms with Crippen LogP contribution in [0.25, 0.3) is 0 Å². The highest BCUT2D eigenvalue weighted by Crippen LogP contribution is 2.25. The van der Waals surface area contributed by atoms with E-state index in [1.807, 2.05) is 12.1 Å². The molecule has 1 aromatic heterocycles. The Hall–Kier alpha value is -2.25. The van der Waals surface area contributed by atoms with Gasteiger partial charge in [0.15, 0.2) is 0 Å². The van der Waals surface area contributed by atoms with E-state index in [1.54, 1.807) is 35.5 Å². The molecule has 26 heavy (non-hydrogen) atoms. The summed E-state index contributed by atoms with van der Waals surface area (Å²) in [6.07, 6.45) is 3.44. The largest absolute Gasteiger partial charge is 0.435 e. The van der Waals surface area contributed by atoms with Crippen LogP contribution < -0.4 is 10.1 Å². The zero-order chi connectivity index (χ0) is 17.6. The number of nitrogens with zero attached hydrogens (tertiary/aromatic N) is 2. The third-order valence-electron chi connectivity index (χ3n) is 4.16. The van der Waals surface area contributed by atoms with Crippen molar-refractivity contribution >= 4 is 18.3 Å². The standard InChI is InChI=1S/C18H19F2N3O2.ClH/c19-18(20)25-16-6-2-1-4-13(16)10-17(24)23-9-8-22-12-15(23)14-5-3-7-21-11-14;/h1-7,11,15,18,22H,8-10,12H2;1H. The second-order valence-electron chi connectivity index (χ2n) is 5.76. The molecule has 0 saturated carbocycles. The van der Waals surface area contributed by atoms with E-state index in [2.05, 4.69) is 15.0 Å². The third kappa shape index (κ3) is 4.89. The summed E-state index contributed by atoms with van der Waals surface area (Å²) >= 11 is 0. The Labute approximate surface area is 156 Å². The fourth-order valence-corrected chi connectivity index (χ4v) is 3.00. The number of hydrogen-bond donors (Lipinski definition) is 1. The molecule has 2 aromatic rings. The van der Waals surface area contributed by atoms with Crippen molar-refractivity contribution in [2.75, 3.05) is 19.6 Å². The van der Waals surface area contributed by atoms with Crippen LogP contribution in [-0.2, 0) is 11.2 Å². The first kappa shape index (κ1) is 20.1. The van der Waals surface area contributed by atoms with Crippen LogP contribution in [0.5, 0.6) is 5.75 Å². The molecule has 1 aromatic carbocycles. The average Bonchev–Trinajstić information content (AvgIpc) is 2.63. The molecule has 140 valence electrons. The van der Waals surface area contributed by atoms with Gasteiger partial charge in [-0.3, -0.25) is 9.78 Å². The number of rotatable bonds is 5. The smallest absolute Gasteiger partial charge is 0.387 e. The summed E-state index contributed by atoms with van der Waals surface area (Å²) in [6, 6.07) is 10.0. The molecule has 1 aliphatic rings. The van der Waals surface area contributed by atoms with Crippen LogP contribution >= 0.6 is 12.4 Å². The Bertz CT molecular complexity index is 719. The van der Waals surface area contributed by atoms with Crippen molar-refractivity contribution < 1.29 is 18.3 Å². The number of pyridine rings is 1. The summed E-state index contributed by atoms with van der Waals surface area (Å²) in [4.78, 5) is 18.7. The van der Waals surface area contributed by atoms with Gasteiger partial charge in [-0.2, -0.15) is 8.78 Å². The normalized spacial score (nSPS) is 16.9. The van der Waals surface area contributed by atoms with Crippen LogP contribution in [0.4, 0.5) is 8.78 Å². The molecule has 3 rings (SSSR count). The maximum atomic E-state index is 12.8. The minimum Gasteiger partial charge on any atom is -0.435 e. The van der Waals surface area contributed by atoms with Gasteiger partial charge in [0.2, 0.25) is 5.91 Å². The number of ether oxygens (including phenoxy) is 1. The van der Waals surface area contributed by atoms with E-state index in [9.17, 15) is 13.6 Å². The lowest BCUT2D eigenvalue weighted by Gasteiger charge is -2.36. The van der Waals surface area contributed by atoms with Gasteiger partial charge in [-0.1, -0.05) is 24.3 Å². The Kier molecular flexibility index (Phi) is 7.29. The Morgan fingerprint density at radius 3 is 2.85 bits per heavy atom. The van der Waals surface area contributed by atoms with Gasteiger partial charge in [0.1, 0.15) is 5.75 Å². The Morgan fingerprint density at radius 1 is 1.31 bits per heavy atom. The summed E-state index contributed by atoms with van der Waals surface area (Å²) in [7, 11) is 0. The van der Waals surface area contributed by atoms with E-state index in [-0.39, 0.29) is 36.5 Å². The highest BCUT2D eigenvalue weighted by Gasteiger charge is 2.28. The van der Waals surface area contributed by atoms with Gasteiger partial charge in [-0.25, -0.2) is 0 Å². The summed E-state index contributed by atoms with van der Waals surface area (Å²) < 4.78 is 29.6. The fourth-order valence-electron chi connectivity index (χ4n) is 3.00. The van der Waals surface area contributed by atoms with Crippen molar-refractivity contribution in [1.82, 2.24) is 15.2 Å². The van der Waals surface area contributed by atoms with Gasteiger partial charge < -0.3 is 15.0 Å². The first-order valence-corrected chi connectivity index (χ1v) is 8.08. The monoisotopic (exact) mass is 383 g/mol. The molecule has 1 saturated heterocycles. The van der Waals surface area contributed by atoms with Crippen LogP contribution in [0.3, 0.4) is 0 Å². The van der Waals surface area contributed by atoms with Gasteiger partial charge in [0, 0.05) is 37.6 Å². The molecule has 2 heterocycles. The van der Waals surface area contributed by atoms with Gasteiger partial charge in [0.25, 0.3) is 0 Å². The third-order valence-corrected chi connectivity index (χ3v) is 4.16. The quantitative estimate of drug-likeness (QED) is 0.862. The maximum absolute atomic E-state index is 12.8. The first-order valence-electron chi connectivity index (χ1n) is 8.08. The SMILES string of the molecule is Cl.O=C(Cc1ccccc1OC(F)F)N1CCNCC1c1cccnc1. The van der Waals surface area contributed by atoms with Crippen LogP contribution in [0.15, 0.2) is 48.8 Å². The van der Waals surface area contributed by atoms with E-state index in [0.717, 1.165) is 5.56 Å². The second kappa shape index (κ2) is 9.45. The molecule has 0 bridgehead atoms. The number of nitrogens with one attached hydrogen (secondary N) is 1. The number of amides is 1. The highest BCUT2D eigenvalue weighted by molar-refractivity contribution is 5.85. The zero-order valence-corrected chi connectivity index (χ0v) is 14.8. The lowest BCUT2D eigenvalue weighted by Crippen LogP contribution is -2.49. The number of benzene rings is 1. The van der Waals surface area contributed by atoms with Crippen LogP contribution in [0.2, 0.25) is 0 Å². The number of piperazine rings is 1. The highest BCUT2D eigenvalue weighted by atomic mass is 35.5. The summed E-state index contributed by atoms with van der Waals surface area (Å²) in [6.45, 7) is -1.04. The minimum atomic E-state index is -2.92. The van der Waals surface area contributed by atoms with E-state index in [0.29, 0.717) is 25.2 Å². The van der Waals surface area contributed by atoms with Gasteiger partial charge in [0.05, 0.1) is 12.5 Å². The molecule has 1 atom stereocenters. The molecule has 0 aliphatic carbocycles. The van der Waals surface area contributed by atoms with Crippen molar-refractivity contribution in [2.24, 2.45) is 0 Å². The number of hydrogen-bond acceptors (Lipinski definition) is 4. The summed E-state index contributed by atoms with van der Waals surface area (Å²) in [5.74, 6) is -0.0837. The summed E-state index contributed by atoms with van der Waals surface area (Å²) in [5, 5.41) is 3.27. The van der Waals surface area contributed by atoms with E-state index in [1.165, 1.54) is 6.07 Å². The maximum Gasteiger partial charge on any atom is 0.387 e. The van der Waals surface area contributed by atoms with Crippen LogP contribution in [0.1, 0.15) is 17.2 Å². The Morgan fingerprint density at radius 2 is 2.12 bits per heavy atom. The number of alkyl halides is 2. The summed E-state index contributed by atoms with van der Waals surface area (Å²) in [5.41, 5.74) is 1.40. The number of carbonyl (C=O) groups is 1. The number of para-hydroxylation sites is 1. The lowest BCUT2D eigenvalue weighted by molar-refractivity contribution is -0.134. The molecule has 1 amide bonds. The van der Waals surface area contributed by atoms with Gasteiger partial charge in [-0.05, 0) is 17.7 Å². The van der Waals surface area contributed by atoms with Crippen molar-refractivity contribution in [1.29, 1.82) is 0 Å². The van der Waals surface area contributed by atoms with Crippen LogP contribution in [0, 0.1) is 0 Å². The molecule has 1 fully saturated rings. The molecule has 1 aliphatic heterocycles. The molecule has 1 unspecified atom stereocenters. The van der Waals surface area contributed by atoms with E-state index < -0.39 is 6.61 Å².